The molecule has 8 heteroatoms. The summed E-state index contributed by atoms with van der Waals surface area (Å²) in [4.78, 5) is 11.5. The van der Waals surface area contributed by atoms with Crippen LogP contribution >= 0.6 is 0 Å². The van der Waals surface area contributed by atoms with E-state index in [1.807, 2.05) is 0 Å². The molecule has 7 nitrogen and oxygen atoms in total. The highest BCUT2D eigenvalue weighted by atomic mass is 32.2. The zero-order chi connectivity index (χ0) is 16.2. The van der Waals surface area contributed by atoms with Gasteiger partial charge in [-0.3, -0.25) is 4.79 Å². The molecule has 122 valence electrons. The Kier molecular flexibility index (Phi) is 5.38. The van der Waals surface area contributed by atoms with Gasteiger partial charge in [-0.2, -0.15) is 4.31 Å². The summed E-state index contributed by atoms with van der Waals surface area (Å²) in [5.41, 5.74) is 0.430. The first kappa shape index (κ1) is 16.7. The molecule has 1 aliphatic rings. The summed E-state index contributed by atoms with van der Waals surface area (Å²) in [7, 11) is -2.28. The minimum Gasteiger partial charge on any atom is -0.495 e. The van der Waals surface area contributed by atoms with Crippen molar-refractivity contribution in [3.05, 3.63) is 18.2 Å². The van der Waals surface area contributed by atoms with E-state index in [-0.39, 0.29) is 16.6 Å². The van der Waals surface area contributed by atoms with Crippen LogP contribution in [0, 0.1) is 0 Å². The van der Waals surface area contributed by atoms with Crippen LogP contribution in [0.5, 0.6) is 5.75 Å². The first-order valence-corrected chi connectivity index (χ1v) is 8.49. The minimum absolute atomic E-state index is 0.0470. The number of sulfonamides is 1. The predicted molar refractivity (Wildman–Crippen MR) is 81.5 cm³/mol. The van der Waals surface area contributed by atoms with Crippen molar-refractivity contribution in [1.82, 2.24) is 4.31 Å². The van der Waals surface area contributed by atoms with Gasteiger partial charge in [0.15, 0.2) is 0 Å². The van der Waals surface area contributed by atoms with E-state index in [9.17, 15) is 13.2 Å². The maximum absolute atomic E-state index is 12.8. The molecule has 22 heavy (non-hydrogen) atoms. The number of hydrogen-bond donors (Lipinski definition) is 1. The fraction of sp³-hybridized carbons (Fsp3) is 0.500. The number of carbonyl (C=O) groups is 1. The van der Waals surface area contributed by atoms with Crippen LogP contribution < -0.4 is 10.1 Å². The molecular weight excluding hydrogens is 308 g/mol. The molecule has 1 heterocycles. The smallest absolute Gasteiger partial charge is 0.246 e. The molecule has 0 saturated carbocycles. The molecule has 2 rings (SSSR count). The molecule has 1 aromatic carbocycles. The lowest BCUT2D eigenvalue weighted by Crippen LogP contribution is -2.40. The minimum atomic E-state index is -3.69. The van der Waals surface area contributed by atoms with Crippen molar-refractivity contribution in [3.63, 3.8) is 0 Å². The highest BCUT2D eigenvalue weighted by Crippen LogP contribution is 2.30. The van der Waals surface area contributed by atoms with E-state index in [0.717, 1.165) is 0 Å². The molecule has 0 aliphatic carbocycles. The number of benzene rings is 1. The topological polar surface area (TPSA) is 84.9 Å². The van der Waals surface area contributed by atoms with E-state index < -0.39 is 10.0 Å². The Balaban J connectivity index is 2.38. The quantitative estimate of drug-likeness (QED) is 0.874. The second-order valence-electron chi connectivity index (χ2n) is 4.78. The van der Waals surface area contributed by atoms with Crippen molar-refractivity contribution in [3.8, 4) is 5.75 Å². The molecular formula is C14H20N2O5S. The standard InChI is InChI=1S/C14H20N2O5S/c1-3-14(17)15-11-4-5-12(20-2)13(10-11)22(18,19)16-6-8-21-9-7-16/h4-5,10H,3,6-9H2,1-2H3,(H,15,17). The summed E-state index contributed by atoms with van der Waals surface area (Å²) in [6, 6.07) is 4.58. The molecule has 1 fully saturated rings. The number of amides is 1. The molecule has 1 aromatic rings. The van der Waals surface area contributed by atoms with E-state index >= 15 is 0 Å². The predicted octanol–water partition coefficient (Wildman–Crippen LogP) is 1.06. The van der Waals surface area contributed by atoms with Crippen LogP contribution in [0.15, 0.2) is 23.1 Å². The van der Waals surface area contributed by atoms with Crippen molar-refractivity contribution in [2.45, 2.75) is 18.2 Å². The van der Waals surface area contributed by atoms with Crippen molar-refractivity contribution >= 4 is 21.6 Å². The Morgan fingerprint density at radius 2 is 2.05 bits per heavy atom. The van der Waals surface area contributed by atoms with Gasteiger partial charge < -0.3 is 14.8 Å². The van der Waals surface area contributed by atoms with Gasteiger partial charge in [0.25, 0.3) is 0 Å². The number of carbonyl (C=O) groups excluding carboxylic acids is 1. The summed E-state index contributed by atoms with van der Waals surface area (Å²) >= 11 is 0. The Labute approximate surface area is 130 Å². The monoisotopic (exact) mass is 328 g/mol. The maximum atomic E-state index is 12.8. The Morgan fingerprint density at radius 3 is 2.64 bits per heavy atom. The Hall–Kier alpha value is -1.64. The average Bonchev–Trinajstić information content (AvgIpc) is 2.55. The summed E-state index contributed by atoms with van der Waals surface area (Å²) in [5.74, 6) is 0.0703. The third-order valence-electron chi connectivity index (χ3n) is 3.36. The summed E-state index contributed by atoms with van der Waals surface area (Å²) < 4.78 is 37.2. The van der Waals surface area contributed by atoms with Gasteiger partial charge in [0, 0.05) is 25.2 Å². The van der Waals surface area contributed by atoms with Gasteiger partial charge in [-0.25, -0.2) is 8.42 Å². The molecule has 1 amide bonds. The lowest BCUT2D eigenvalue weighted by molar-refractivity contribution is -0.115. The highest BCUT2D eigenvalue weighted by Gasteiger charge is 2.29. The number of nitrogens with zero attached hydrogens (tertiary/aromatic N) is 1. The van der Waals surface area contributed by atoms with Crippen LogP contribution in [0.3, 0.4) is 0 Å². The van der Waals surface area contributed by atoms with E-state index in [0.29, 0.717) is 38.4 Å². The Morgan fingerprint density at radius 1 is 1.36 bits per heavy atom. The second-order valence-corrected chi connectivity index (χ2v) is 6.69. The number of methoxy groups -OCH3 is 1. The van der Waals surface area contributed by atoms with E-state index in [1.54, 1.807) is 19.1 Å². The largest absolute Gasteiger partial charge is 0.495 e. The number of anilines is 1. The lowest BCUT2D eigenvalue weighted by atomic mass is 10.3. The number of nitrogens with one attached hydrogen (secondary N) is 1. The summed E-state index contributed by atoms with van der Waals surface area (Å²) in [6.07, 6.45) is 0.317. The number of hydrogen-bond acceptors (Lipinski definition) is 5. The van der Waals surface area contributed by atoms with Gasteiger partial charge in [-0.15, -0.1) is 0 Å². The van der Waals surface area contributed by atoms with Crippen LogP contribution in [-0.4, -0.2) is 52.0 Å². The van der Waals surface area contributed by atoms with Crippen molar-refractivity contribution < 1.29 is 22.7 Å². The molecule has 1 saturated heterocycles. The van der Waals surface area contributed by atoms with Crippen LogP contribution in [-0.2, 0) is 19.6 Å². The van der Waals surface area contributed by atoms with Crippen LogP contribution in [0.25, 0.3) is 0 Å². The third kappa shape index (κ3) is 3.57. The summed E-state index contributed by atoms with van der Waals surface area (Å²) in [6.45, 7) is 3.07. The van der Waals surface area contributed by atoms with Gasteiger partial charge in [0.1, 0.15) is 10.6 Å². The van der Waals surface area contributed by atoms with Crippen molar-refractivity contribution in [1.29, 1.82) is 0 Å². The van der Waals surface area contributed by atoms with E-state index in [2.05, 4.69) is 5.32 Å². The van der Waals surface area contributed by atoms with Crippen molar-refractivity contribution in [2.24, 2.45) is 0 Å². The molecule has 0 radical (unpaired) electrons. The fourth-order valence-corrected chi connectivity index (χ4v) is 3.72. The first-order chi connectivity index (χ1) is 10.5. The molecule has 0 bridgehead atoms. The van der Waals surface area contributed by atoms with Gasteiger partial charge in [0.05, 0.1) is 20.3 Å². The Bertz CT molecular complexity index is 639. The van der Waals surface area contributed by atoms with Gasteiger partial charge >= 0.3 is 0 Å². The van der Waals surface area contributed by atoms with Gasteiger partial charge in [-0.05, 0) is 18.2 Å². The lowest BCUT2D eigenvalue weighted by Gasteiger charge is -2.26. The van der Waals surface area contributed by atoms with Gasteiger partial charge in [0.2, 0.25) is 15.9 Å². The summed E-state index contributed by atoms with van der Waals surface area (Å²) in [5, 5.41) is 2.66. The van der Waals surface area contributed by atoms with Crippen LogP contribution in [0.4, 0.5) is 5.69 Å². The molecule has 1 aliphatic heterocycles. The third-order valence-corrected chi connectivity index (χ3v) is 5.28. The molecule has 1 N–H and O–H groups in total. The SMILES string of the molecule is CCC(=O)Nc1ccc(OC)c(S(=O)(=O)N2CCOCC2)c1. The molecule has 0 unspecified atom stereocenters. The maximum Gasteiger partial charge on any atom is 0.246 e. The van der Waals surface area contributed by atoms with Crippen molar-refractivity contribution in [2.75, 3.05) is 38.7 Å². The van der Waals surface area contributed by atoms with Crippen LogP contribution in [0.2, 0.25) is 0 Å². The molecule has 0 aromatic heterocycles. The zero-order valence-electron chi connectivity index (χ0n) is 12.7. The van der Waals surface area contributed by atoms with Crippen LogP contribution in [0.1, 0.15) is 13.3 Å². The highest BCUT2D eigenvalue weighted by molar-refractivity contribution is 7.89. The normalized spacial score (nSPS) is 16.3. The zero-order valence-corrected chi connectivity index (χ0v) is 13.5. The first-order valence-electron chi connectivity index (χ1n) is 7.05. The average molecular weight is 328 g/mol. The van der Waals surface area contributed by atoms with Gasteiger partial charge in [-0.1, -0.05) is 6.92 Å². The number of rotatable bonds is 5. The number of ether oxygens (including phenoxy) is 2. The van der Waals surface area contributed by atoms with E-state index in [1.165, 1.54) is 17.5 Å². The molecule has 0 spiro atoms. The fourth-order valence-electron chi connectivity index (χ4n) is 2.13. The molecule has 0 atom stereocenters. The van der Waals surface area contributed by atoms with E-state index in [4.69, 9.17) is 9.47 Å². The number of morpholine rings is 1. The second kappa shape index (κ2) is 7.08.